The zero-order chi connectivity index (χ0) is 19.6. The molecule has 0 bridgehead atoms. The molecule has 0 radical (unpaired) electrons. The Kier molecular flexibility index (Phi) is 5.46. The molecule has 6 heteroatoms. The van der Waals surface area contributed by atoms with Crippen LogP contribution in [0.2, 0.25) is 0 Å². The van der Waals surface area contributed by atoms with Crippen molar-refractivity contribution in [2.75, 3.05) is 25.0 Å². The molecule has 0 atom stereocenters. The summed E-state index contributed by atoms with van der Waals surface area (Å²) in [4.78, 5) is 4.10. The second kappa shape index (κ2) is 8.36. The van der Waals surface area contributed by atoms with Crippen LogP contribution in [0.5, 0.6) is 0 Å². The van der Waals surface area contributed by atoms with Crippen LogP contribution in [-0.4, -0.2) is 40.2 Å². The van der Waals surface area contributed by atoms with E-state index in [1.807, 2.05) is 12.1 Å². The van der Waals surface area contributed by atoms with Crippen molar-refractivity contribution in [3.8, 4) is 11.1 Å². The first-order valence-electron chi connectivity index (χ1n) is 10.6. The molecule has 1 saturated carbocycles. The molecular weight excluding hydrogens is 383 g/mol. The van der Waals surface area contributed by atoms with Gasteiger partial charge in [-0.2, -0.15) is 0 Å². The standard InChI is InChI=1S/C23H27FN4S/c24-14-20-12-16(4-8-26-20)18-11-17-3-7-25-15-22(17)23(13-18)27-19-5-9-28(10-6-19)29-21-1-2-21/h3-4,8,11-13,15,19,21,25,27H,1-2,5-7,9-10,14H2/p+1. The third kappa shape index (κ3) is 4.43. The number of piperidine rings is 1. The maximum absolute atomic E-state index is 13.1. The summed E-state index contributed by atoms with van der Waals surface area (Å²) in [5.41, 5.74) is 3.77. The van der Waals surface area contributed by atoms with Gasteiger partial charge in [-0.15, -0.1) is 4.31 Å². The molecule has 0 amide bonds. The Balaban J connectivity index is 1.40. The number of aromatic nitrogens is 1. The molecule has 5 rings (SSSR count). The molecule has 3 heterocycles. The Morgan fingerprint density at radius 1 is 1.14 bits per heavy atom. The molecular formula is C23H28FN4S+. The van der Waals surface area contributed by atoms with E-state index in [1.165, 1.54) is 49.2 Å². The molecule has 1 aliphatic carbocycles. The largest absolute Gasteiger partial charge is 0.387 e. The number of benzene rings is 1. The quantitative estimate of drug-likeness (QED) is 0.564. The number of hydrogen-bond acceptors (Lipinski definition) is 4. The van der Waals surface area contributed by atoms with Crippen LogP contribution >= 0.6 is 0 Å². The van der Waals surface area contributed by atoms with Gasteiger partial charge in [0.25, 0.3) is 0 Å². The lowest BCUT2D eigenvalue weighted by Crippen LogP contribution is -2.41. The summed E-state index contributed by atoms with van der Waals surface area (Å²) in [5.74, 6) is 0. The fourth-order valence-corrected chi connectivity index (χ4v) is 5.42. The number of nitrogens with zero attached hydrogens (tertiary/aromatic N) is 2. The topological polar surface area (TPSA) is 40.2 Å². The molecule has 2 fully saturated rings. The second-order valence-electron chi connectivity index (χ2n) is 8.17. The van der Waals surface area contributed by atoms with Gasteiger partial charge < -0.3 is 10.6 Å². The molecule has 3 aliphatic rings. The van der Waals surface area contributed by atoms with Gasteiger partial charge >= 0.3 is 0 Å². The van der Waals surface area contributed by atoms with Gasteiger partial charge in [-0.1, -0.05) is 6.08 Å². The zero-order valence-electron chi connectivity index (χ0n) is 16.6. The van der Waals surface area contributed by atoms with E-state index in [2.05, 4.69) is 44.3 Å². The highest BCUT2D eigenvalue weighted by Crippen LogP contribution is 2.27. The van der Waals surface area contributed by atoms with E-state index < -0.39 is 6.67 Å². The first-order chi connectivity index (χ1) is 14.3. The normalized spacial score (nSPS) is 19.6. The predicted molar refractivity (Wildman–Crippen MR) is 121 cm³/mol. The smallest absolute Gasteiger partial charge is 0.135 e. The predicted octanol–water partition coefficient (Wildman–Crippen LogP) is 2.11. The zero-order valence-corrected chi connectivity index (χ0v) is 17.5. The van der Waals surface area contributed by atoms with Crippen molar-refractivity contribution in [3.63, 3.8) is 0 Å². The van der Waals surface area contributed by atoms with E-state index in [0.29, 0.717) is 11.7 Å². The summed E-state index contributed by atoms with van der Waals surface area (Å²) in [6.45, 7) is 2.65. The number of alkyl halides is 1. The van der Waals surface area contributed by atoms with Gasteiger partial charge in [0.05, 0.1) is 17.6 Å². The minimum Gasteiger partial charge on any atom is -0.387 e. The van der Waals surface area contributed by atoms with E-state index in [4.69, 9.17) is 0 Å². The van der Waals surface area contributed by atoms with Crippen molar-refractivity contribution < 1.29 is 4.39 Å². The lowest BCUT2D eigenvalue weighted by Gasteiger charge is -2.28. The summed E-state index contributed by atoms with van der Waals surface area (Å²) in [5, 5.41) is 10.6. The Morgan fingerprint density at radius 3 is 2.79 bits per heavy atom. The van der Waals surface area contributed by atoms with Gasteiger partial charge in [0.1, 0.15) is 11.9 Å². The van der Waals surface area contributed by atoms with Crippen molar-refractivity contribution in [1.82, 2.24) is 14.6 Å². The fourth-order valence-electron chi connectivity index (χ4n) is 4.12. The summed E-state index contributed by atoms with van der Waals surface area (Å²) >= 11 is 1.55. The number of fused-ring (bicyclic) bond motifs is 1. The number of pyridine rings is 1. The summed E-state index contributed by atoms with van der Waals surface area (Å²) < 4.78 is 15.7. The van der Waals surface area contributed by atoms with Crippen LogP contribution in [-0.2, 0) is 18.6 Å². The Labute approximate surface area is 175 Å². The molecule has 2 aliphatic heterocycles. The first kappa shape index (κ1) is 18.9. The van der Waals surface area contributed by atoms with Crippen LogP contribution in [0, 0.1) is 0 Å². The SMILES string of the molecule is FCc1cc(-c2cc(NC3CCN([SH+]C4CC4)CC3)c3c(c2)=CCNC=3)ccn1. The van der Waals surface area contributed by atoms with E-state index in [9.17, 15) is 4.39 Å². The van der Waals surface area contributed by atoms with Crippen molar-refractivity contribution >= 4 is 29.9 Å². The summed E-state index contributed by atoms with van der Waals surface area (Å²) in [6, 6.07) is 8.72. The van der Waals surface area contributed by atoms with E-state index in [1.54, 1.807) is 18.1 Å². The summed E-state index contributed by atoms with van der Waals surface area (Å²) in [6.07, 6.45) is 11.2. The number of halogens is 1. The fraction of sp³-hybridized carbons (Fsp3) is 0.435. The number of thiol groups is 1. The minimum absolute atomic E-state index is 0.481. The molecule has 0 spiro atoms. The van der Waals surface area contributed by atoms with Gasteiger partial charge in [-0.05, 0) is 53.5 Å². The number of rotatable bonds is 6. The Morgan fingerprint density at radius 2 is 2.00 bits per heavy atom. The highest BCUT2D eigenvalue weighted by Gasteiger charge is 2.35. The van der Waals surface area contributed by atoms with E-state index >= 15 is 0 Å². The molecule has 2 N–H and O–H groups in total. The van der Waals surface area contributed by atoms with Crippen molar-refractivity contribution in [3.05, 3.63) is 46.6 Å². The van der Waals surface area contributed by atoms with E-state index in [0.717, 1.165) is 28.6 Å². The third-order valence-corrected chi connectivity index (χ3v) is 7.46. The van der Waals surface area contributed by atoms with Crippen LogP contribution in [0.15, 0.2) is 30.5 Å². The van der Waals surface area contributed by atoms with Crippen LogP contribution < -0.4 is 21.1 Å². The van der Waals surface area contributed by atoms with Crippen molar-refractivity contribution in [1.29, 1.82) is 0 Å². The third-order valence-electron chi connectivity index (χ3n) is 5.89. The first-order valence-corrected chi connectivity index (χ1v) is 11.5. The lowest BCUT2D eigenvalue weighted by atomic mass is 10.0. The van der Waals surface area contributed by atoms with Gasteiger partial charge in [0.15, 0.2) is 0 Å². The van der Waals surface area contributed by atoms with E-state index in [-0.39, 0.29) is 0 Å². The highest BCUT2D eigenvalue weighted by molar-refractivity contribution is 7.77. The number of nitrogens with one attached hydrogen (secondary N) is 2. The van der Waals surface area contributed by atoms with Gasteiger partial charge in [-0.3, -0.25) is 4.98 Å². The number of anilines is 1. The second-order valence-corrected chi connectivity index (χ2v) is 9.70. The maximum Gasteiger partial charge on any atom is 0.135 e. The van der Waals surface area contributed by atoms with Crippen LogP contribution in [0.4, 0.5) is 10.1 Å². The van der Waals surface area contributed by atoms with Crippen LogP contribution in [0.3, 0.4) is 0 Å². The molecule has 1 aromatic heterocycles. The molecule has 1 saturated heterocycles. The van der Waals surface area contributed by atoms with Crippen molar-refractivity contribution in [2.24, 2.45) is 0 Å². The monoisotopic (exact) mass is 411 g/mol. The maximum atomic E-state index is 13.1. The van der Waals surface area contributed by atoms with Gasteiger partial charge in [0, 0.05) is 61.8 Å². The van der Waals surface area contributed by atoms with Gasteiger partial charge in [-0.25, -0.2) is 4.39 Å². The Bertz CT molecular complexity index is 996. The van der Waals surface area contributed by atoms with Crippen LogP contribution in [0.1, 0.15) is 31.4 Å². The summed E-state index contributed by atoms with van der Waals surface area (Å²) in [7, 11) is 0. The number of hydrogen-bond donors (Lipinski definition) is 2. The lowest BCUT2D eigenvalue weighted by molar-refractivity contribution is 0.356. The molecule has 2 aromatic rings. The van der Waals surface area contributed by atoms with Gasteiger partial charge in [0.2, 0.25) is 0 Å². The molecule has 152 valence electrons. The minimum atomic E-state index is -0.535. The van der Waals surface area contributed by atoms with Crippen molar-refractivity contribution in [2.45, 2.75) is 43.6 Å². The average Bonchev–Trinajstić information content (AvgIpc) is 3.59. The average molecular weight is 412 g/mol. The molecule has 4 nitrogen and oxygen atoms in total. The molecule has 1 aromatic carbocycles. The molecule has 0 unspecified atom stereocenters. The highest BCUT2D eigenvalue weighted by atomic mass is 32.2. The Hall–Kier alpha value is -2.05. The van der Waals surface area contributed by atoms with Crippen LogP contribution in [0.25, 0.3) is 23.4 Å². The molecule has 29 heavy (non-hydrogen) atoms.